The first kappa shape index (κ1) is 32.1. The average Bonchev–Trinajstić information content (AvgIpc) is 3.80. The highest BCUT2D eigenvalue weighted by Crippen LogP contribution is 2.44. The summed E-state index contributed by atoms with van der Waals surface area (Å²) in [4.78, 5) is 51.5. The highest BCUT2D eigenvalue weighted by molar-refractivity contribution is 5.97. The molecule has 1 aromatic carbocycles. The zero-order chi connectivity index (χ0) is 31.6. The standard InChI is InChI=1S/C31H40F2N4O6/c1-16(2)12-24(35-30(40)17(3)34)25(38)10-9-22(32)18-6-5-11-36(14-18)27-23(33)13-20-26(29(27)43-4)37(19-7-8-19)15-21(28(20)39)31(41)42/h13,15-17,19,24H,5-12,14,34H2,1-4H3,(H,35,40)(H,41,42)/b22-18+/t17-,24-/m0/s1. The number of piperidine rings is 1. The molecule has 1 aliphatic carbocycles. The number of rotatable bonds is 12. The van der Waals surface area contributed by atoms with Crippen molar-refractivity contribution >= 4 is 34.3 Å². The van der Waals surface area contributed by atoms with Gasteiger partial charge in [-0.1, -0.05) is 13.8 Å². The topological polar surface area (TPSA) is 144 Å². The van der Waals surface area contributed by atoms with E-state index in [0.717, 1.165) is 18.9 Å². The van der Waals surface area contributed by atoms with Crippen LogP contribution in [0, 0.1) is 11.7 Å². The number of carbonyl (C=O) groups is 3. The highest BCUT2D eigenvalue weighted by Gasteiger charge is 2.32. The van der Waals surface area contributed by atoms with Crippen molar-refractivity contribution in [3.05, 3.63) is 45.3 Å². The number of halogens is 2. The van der Waals surface area contributed by atoms with E-state index in [0.29, 0.717) is 36.9 Å². The second-order valence-electron chi connectivity index (χ2n) is 11.9. The fraction of sp³-hybridized carbons (Fsp3) is 0.548. The fourth-order valence-corrected chi connectivity index (χ4v) is 5.64. The Hall–Kier alpha value is -3.80. The summed E-state index contributed by atoms with van der Waals surface area (Å²) < 4.78 is 38.6. The van der Waals surface area contributed by atoms with E-state index in [1.54, 1.807) is 9.47 Å². The lowest BCUT2D eigenvalue weighted by atomic mass is 9.95. The van der Waals surface area contributed by atoms with Crippen molar-refractivity contribution in [1.82, 2.24) is 9.88 Å². The predicted octanol–water partition coefficient (Wildman–Crippen LogP) is 4.23. The fourth-order valence-electron chi connectivity index (χ4n) is 5.64. The van der Waals surface area contributed by atoms with Gasteiger partial charge >= 0.3 is 5.97 Å². The maximum atomic E-state index is 15.7. The average molecular weight is 603 g/mol. The number of methoxy groups -OCH3 is 1. The number of nitrogens with one attached hydrogen (secondary N) is 1. The molecule has 1 amide bonds. The maximum absolute atomic E-state index is 15.7. The molecule has 2 fully saturated rings. The van der Waals surface area contributed by atoms with Crippen LogP contribution in [0.15, 0.2) is 28.5 Å². The first-order valence-electron chi connectivity index (χ1n) is 14.7. The molecule has 43 heavy (non-hydrogen) atoms. The van der Waals surface area contributed by atoms with Crippen molar-refractivity contribution in [2.24, 2.45) is 11.7 Å². The van der Waals surface area contributed by atoms with Crippen molar-refractivity contribution in [1.29, 1.82) is 0 Å². The van der Waals surface area contributed by atoms with Crippen LogP contribution in [-0.4, -0.2) is 59.6 Å². The molecule has 2 atom stereocenters. The molecule has 1 aromatic heterocycles. The molecular weight excluding hydrogens is 562 g/mol. The molecule has 0 bridgehead atoms. The number of ether oxygens (including phenoxy) is 1. The van der Waals surface area contributed by atoms with Crippen LogP contribution >= 0.6 is 0 Å². The van der Waals surface area contributed by atoms with Crippen molar-refractivity contribution < 1.29 is 33.0 Å². The lowest BCUT2D eigenvalue weighted by Crippen LogP contribution is -2.47. The summed E-state index contributed by atoms with van der Waals surface area (Å²) in [6, 6.07) is -0.544. The minimum Gasteiger partial charge on any atom is -0.492 e. The Bertz CT molecular complexity index is 1510. The molecular formula is C31H40F2N4O6. The van der Waals surface area contributed by atoms with Gasteiger partial charge in [-0.25, -0.2) is 13.6 Å². The molecule has 1 saturated heterocycles. The van der Waals surface area contributed by atoms with Crippen LogP contribution in [0.25, 0.3) is 10.9 Å². The van der Waals surface area contributed by atoms with Gasteiger partial charge in [0, 0.05) is 38.2 Å². The molecule has 2 heterocycles. The van der Waals surface area contributed by atoms with Gasteiger partial charge in [0.1, 0.15) is 17.1 Å². The second-order valence-corrected chi connectivity index (χ2v) is 11.9. The molecule has 1 aliphatic heterocycles. The van der Waals surface area contributed by atoms with Crippen molar-refractivity contribution in [3.63, 3.8) is 0 Å². The number of benzene rings is 1. The summed E-state index contributed by atoms with van der Waals surface area (Å²) in [7, 11) is 1.36. The number of fused-ring (bicyclic) bond motifs is 1. The van der Waals surface area contributed by atoms with E-state index in [4.69, 9.17) is 10.5 Å². The number of nitrogens with two attached hydrogens (primary N) is 1. The molecule has 4 rings (SSSR count). The number of aromatic carboxylic acids is 1. The number of carbonyl (C=O) groups excluding carboxylic acids is 2. The molecule has 10 nitrogen and oxygen atoms in total. The molecule has 0 spiro atoms. The number of hydrogen-bond acceptors (Lipinski definition) is 7. The lowest BCUT2D eigenvalue weighted by Gasteiger charge is -2.33. The van der Waals surface area contributed by atoms with E-state index in [1.807, 2.05) is 13.8 Å². The van der Waals surface area contributed by atoms with E-state index in [2.05, 4.69) is 5.32 Å². The minimum atomic E-state index is -1.39. The smallest absolute Gasteiger partial charge is 0.341 e. The number of ketones is 1. The van der Waals surface area contributed by atoms with Crippen LogP contribution in [0.2, 0.25) is 0 Å². The molecule has 2 aromatic rings. The van der Waals surface area contributed by atoms with Crippen molar-refractivity contribution in [2.45, 2.75) is 83.8 Å². The number of Topliss-reactive ketones (excluding diaryl/α,β-unsaturated/α-hetero) is 1. The van der Waals surface area contributed by atoms with Crippen LogP contribution < -0.4 is 26.1 Å². The largest absolute Gasteiger partial charge is 0.492 e. The van der Waals surface area contributed by atoms with Gasteiger partial charge in [-0.3, -0.25) is 14.4 Å². The number of hydrogen-bond donors (Lipinski definition) is 3. The Balaban J connectivity index is 1.62. The van der Waals surface area contributed by atoms with E-state index >= 15 is 8.78 Å². The number of nitrogens with zero attached hydrogens (tertiary/aromatic N) is 2. The Labute approximate surface area is 248 Å². The van der Waals surface area contributed by atoms with Gasteiger partial charge < -0.3 is 30.4 Å². The third-order valence-electron chi connectivity index (χ3n) is 7.98. The number of allylic oxidation sites excluding steroid dienone is 1. The second kappa shape index (κ2) is 13.2. The molecule has 4 N–H and O–H groups in total. The van der Waals surface area contributed by atoms with Gasteiger partial charge in [-0.15, -0.1) is 0 Å². The molecule has 12 heteroatoms. The van der Waals surface area contributed by atoms with Crippen LogP contribution in [0.3, 0.4) is 0 Å². The van der Waals surface area contributed by atoms with Crippen molar-refractivity contribution in [3.8, 4) is 5.75 Å². The summed E-state index contributed by atoms with van der Waals surface area (Å²) in [6.07, 6.45) is 3.94. The monoisotopic (exact) mass is 602 g/mol. The lowest BCUT2D eigenvalue weighted by molar-refractivity contribution is -0.128. The molecule has 0 radical (unpaired) electrons. The first-order chi connectivity index (χ1) is 20.3. The quantitative estimate of drug-likeness (QED) is 0.328. The van der Waals surface area contributed by atoms with Gasteiger partial charge in [-0.05, 0) is 56.6 Å². The summed E-state index contributed by atoms with van der Waals surface area (Å²) >= 11 is 0. The number of pyridine rings is 1. The summed E-state index contributed by atoms with van der Waals surface area (Å²) in [5.41, 5.74) is 5.21. The van der Waals surface area contributed by atoms with E-state index in [1.165, 1.54) is 20.2 Å². The zero-order valence-electron chi connectivity index (χ0n) is 25.0. The van der Waals surface area contributed by atoms with E-state index in [9.17, 15) is 24.3 Å². The number of amides is 1. The summed E-state index contributed by atoms with van der Waals surface area (Å²) in [5, 5.41) is 12.1. The third kappa shape index (κ3) is 7.06. The number of carboxylic acid groups (broad SMARTS) is 1. The van der Waals surface area contributed by atoms with E-state index < -0.39 is 46.6 Å². The molecule has 1 saturated carbocycles. The van der Waals surface area contributed by atoms with Gasteiger partial charge in [0.15, 0.2) is 17.3 Å². The van der Waals surface area contributed by atoms with Crippen LogP contribution in [0.5, 0.6) is 5.75 Å². The Morgan fingerprint density at radius 2 is 1.91 bits per heavy atom. The van der Waals surface area contributed by atoms with Gasteiger partial charge in [-0.2, -0.15) is 0 Å². The Kier molecular flexibility index (Phi) is 9.89. The van der Waals surface area contributed by atoms with Crippen LogP contribution in [-0.2, 0) is 9.59 Å². The molecule has 0 unspecified atom stereocenters. The maximum Gasteiger partial charge on any atom is 0.341 e. The van der Waals surface area contributed by atoms with Crippen LogP contribution in [0.4, 0.5) is 14.5 Å². The van der Waals surface area contributed by atoms with Crippen molar-refractivity contribution in [2.75, 3.05) is 25.1 Å². The van der Waals surface area contributed by atoms with E-state index in [-0.39, 0.29) is 54.0 Å². The number of carboxylic acids is 1. The van der Waals surface area contributed by atoms with Gasteiger partial charge in [0.25, 0.3) is 0 Å². The Morgan fingerprint density at radius 3 is 2.49 bits per heavy atom. The zero-order valence-corrected chi connectivity index (χ0v) is 25.0. The SMILES string of the molecule is COc1c(N2CCC/C(=C(\F)CCC(=O)[C@H](CC(C)C)NC(=O)[C@H](C)N)C2)c(F)cc2c(=O)c(C(=O)O)cn(C3CC3)c12. The van der Waals surface area contributed by atoms with Gasteiger partial charge in [0.05, 0.1) is 30.1 Å². The van der Waals surface area contributed by atoms with Gasteiger partial charge in [0.2, 0.25) is 11.3 Å². The number of anilines is 1. The third-order valence-corrected chi connectivity index (χ3v) is 7.98. The molecule has 234 valence electrons. The predicted molar refractivity (Wildman–Crippen MR) is 159 cm³/mol. The highest BCUT2D eigenvalue weighted by atomic mass is 19.1. The first-order valence-corrected chi connectivity index (χ1v) is 14.7. The molecule has 2 aliphatic rings. The number of aromatic nitrogens is 1. The normalized spacial score (nSPS) is 18.0. The minimum absolute atomic E-state index is 0.0439. The summed E-state index contributed by atoms with van der Waals surface area (Å²) in [5.74, 6) is -3.14. The summed E-state index contributed by atoms with van der Waals surface area (Å²) in [6.45, 7) is 5.82. The Morgan fingerprint density at radius 1 is 1.21 bits per heavy atom. The van der Waals surface area contributed by atoms with Crippen LogP contribution in [0.1, 0.15) is 82.1 Å².